The highest BCUT2D eigenvalue weighted by Gasteiger charge is 2.22. The van der Waals surface area contributed by atoms with Crippen LogP contribution in [-0.4, -0.2) is 10.7 Å². The van der Waals surface area contributed by atoms with E-state index in [1.807, 2.05) is 0 Å². The topological polar surface area (TPSA) is 60.2 Å². The van der Waals surface area contributed by atoms with Crippen LogP contribution in [0.5, 0.6) is 0 Å². The molecular weight excluding hydrogens is 218 g/mol. The predicted octanol–water partition coefficient (Wildman–Crippen LogP) is 3.21. The van der Waals surface area contributed by atoms with Gasteiger partial charge in [-0.25, -0.2) is 0 Å². The minimum atomic E-state index is -0.418. The monoisotopic (exact) mass is 233 g/mol. The zero-order valence-electron chi connectivity index (χ0n) is 9.59. The number of hydrogen-bond acceptors (Lipinski definition) is 3. The van der Waals surface area contributed by atoms with Gasteiger partial charge in [0.15, 0.2) is 0 Å². The Bertz CT molecular complexity index is 425. The summed E-state index contributed by atoms with van der Waals surface area (Å²) in [5.74, 6) is 0.217. The Kier molecular flexibility index (Phi) is 3.52. The maximum atomic E-state index is 11.9. The third kappa shape index (κ3) is 2.70. The maximum absolute atomic E-state index is 11.9. The lowest BCUT2D eigenvalue weighted by molar-refractivity contribution is -0.384. The van der Waals surface area contributed by atoms with Gasteiger partial charge in [0, 0.05) is 24.5 Å². The number of nitrogens with zero attached hydrogens (tertiary/aromatic N) is 1. The van der Waals surface area contributed by atoms with Crippen LogP contribution in [0.15, 0.2) is 24.3 Å². The maximum Gasteiger partial charge on any atom is 0.269 e. The molecule has 2 rings (SSSR count). The van der Waals surface area contributed by atoms with Gasteiger partial charge in [-0.15, -0.1) is 0 Å². The standard InChI is InChI=1S/C13H15NO3/c15-13-5-3-1-2-4-12(13)10-6-8-11(9-7-10)14(16)17/h6-9,12H,1-5H2. The number of Topliss-reactive ketones (excluding diaryl/α,β-unsaturated/α-hetero) is 1. The van der Waals surface area contributed by atoms with E-state index in [9.17, 15) is 14.9 Å². The summed E-state index contributed by atoms with van der Waals surface area (Å²) in [7, 11) is 0. The molecule has 1 aliphatic carbocycles. The molecule has 4 nitrogen and oxygen atoms in total. The van der Waals surface area contributed by atoms with E-state index in [4.69, 9.17) is 0 Å². The fourth-order valence-electron chi connectivity index (χ4n) is 2.34. The first-order chi connectivity index (χ1) is 8.18. The van der Waals surface area contributed by atoms with Crippen LogP contribution in [0.4, 0.5) is 5.69 Å². The Balaban J connectivity index is 2.20. The van der Waals surface area contributed by atoms with E-state index >= 15 is 0 Å². The minimum absolute atomic E-state index is 0.0571. The van der Waals surface area contributed by atoms with Crippen molar-refractivity contribution in [1.82, 2.24) is 0 Å². The molecule has 1 saturated carbocycles. The lowest BCUT2D eigenvalue weighted by atomic mass is 9.91. The van der Waals surface area contributed by atoms with E-state index in [0.29, 0.717) is 6.42 Å². The van der Waals surface area contributed by atoms with E-state index < -0.39 is 4.92 Å². The van der Waals surface area contributed by atoms with Crippen molar-refractivity contribution < 1.29 is 9.72 Å². The zero-order valence-corrected chi connectivity index (χ0v) is 9.59. The molecule has 0 spiro atoms. The molecule has 0 radical (unpaired) electrons. The fourth-order valence-corrected chi connectivity index (χ4v) is 2.34. The summed E-state index contributed by atoms with van der Waals surface area (Å²) in [6.07, 6.45) is 4.66. The van der Waals surface area contributed by atoms with Crippen molar-refractivity contribution in [3.05, 3.63) is 39.9 Å². The van der Waals surface area contributed by atoms with Gasteiger partial charge in [-0.3, -0.25) is 14.9 Å². The van der Waals surface area contributed by atoms with Gasteiger partial charge in [0.1, 0.15) is 5.78 Å². The van der Waals surface area contributed by atoms with E-state index in [1.54, 1.807) is 12.1 Å². The molecular formula is C13H15NO3. The number of nitro groups is 1. The first kappa shape index (κ1) is 11.8. The average molecular weight is 233 g/mol. The van der Waals surface area contributed by atoms with E-state index in [2.05, 4.69) is 0 Å². The summed E-state index contributed by atoms with van der Waals surface area (Å²) < 4.78 is 0. The highest BCUT2D eigenvalue weighted by Crippen LogP contribution is 2.29. The molecule has 1 unspecified atom stereocenters. The second-order valence-electron chi connectivity index (χ2n) is 4.47. The molecule has 4 heteroatoms. The molecule has 1 aromatic carbocycles. The van der Waals surface area contributed by atoms with Crippen molar-refractivity contribution >= 4 is 11.5 Å². The molecule has 1 fully saturated rings. The summed E-state index contributed by atoms with van der Waals surface area (Å²) in [5, 5.41) is 10.5. The summed E-state index contributed by atoms with van der Waals surface area (Å²) in [5.41, 5.74) is 0.998. The zero-order chi connectivity index (χ0) is 12.3. The van der Waals surface area contributed by atoms with Crippen LogP contribution in [0.2, 0.25) is 0 Å². The number of hydrogen-bond donors (Lipinski definition) is 0. The average Bonchev–Trinajstić information content (AvgIpc) is 2.54. The Morgan fingerprint density at radius 3 is 2.47 bits per heavy atom. The Morgan fingerprint density at radius 2 is 1.82 bits per heavy atom. The molecule has 0 bridgehead atoms. The normalized spacial score (nSPS) is 20.9. The molecule has 1 atom stereocenters. The van der Waals surface area contributed by atoms with Crippen molar-refractivity contribution in [2.75, 3.05) is 0 Å². The molecule has 0 saturated heterocycles. The van der Waals surface area contributed by atoms with Crippen LogP contribution >= 0.6 is 0 Å². The minimum Gasteiger partial charge on any atom is -0.299 e. The number of carbonyl (C=O) groups excluding carboxylic acids is 1. The Labute approximate surface area is 99.8 Å². The molecule has 0 heterocycles. The third-order valence-electron chi connectivity index (χ3n) is 3.31. The van der Waals surface area contributed by atoms with Crippen molar-refractivity contribution in [3.8, 4) is 0 Å². The molecule has 0 amide bonds. The van der Waals surface area contributed by atoms with Gasteiger partial charge in [0.05, 0.1) is 4.92 Å². The first-order valence-electron chi connectivity index (χ1n) is 5.95. The number of benzene rings is 1. The highest BCUT2D eigenvalue weighted by atomic mass is 16.6. The first-order valence-corrected chi connectivity index (χ1v) is 5.95. The second-order valence-corrected chi connectivity index (χ2v) is 4.47. The van der Waals surface area contributed by atoms with Gasteiger partial charge in [0.2, 0.25) is 0 Å². The van der Waals surface area contributed by atoms with Gasteiger partial charge < -0.3 is 0 Å². The summed E-state index contributed by atoms with van der Waals surface area (Å²) in [6.45, 7) is 0. The number of non-ortho nitro benzene ring substituents is 1. The molecule has 0 aromatic heterocycles. The van der Waals surface area contributed by atoms with Crippen LogP contribution in [0.3, 0.4) is 0 Å². The molecule has 90 valence electrons. The number of rotatable bonds is 2. The third-order valence-corrected chi connectivity index (χ3v) is 3.31. The SMILES string of the molecule is O=C1CCCCCC1c1ccc([N+](=O)[O-])cc1. The largest absolute Gasteiger partial charge is 0.299 e. The number of nitro benzene ring substituents is 1. The Hall–Kier alpha value is -1.71. The van der Waals surface area contributed by atoms with Crippen LogP contribution in [0.1, 0.15) is 43.6 Å². The van der Waals surface area contributed by atoms with Crippen LogP contribution in [0.25, 0.3) is 0 Å². The summed E-state index contributed by atoms with van der Waals surface area (Å²) in [4.78, 5) is 22.0. The van der Waals surface area contributed by atoms with E-state index in [-0.39, 0.29) is 17.4 Å². The van der Waals surface area contributed by atoms with E-state index in [0.717, 1.165) is 31.2 Å². The van der Waals surface area contributed by atoms with Gasteiger partial charge in [-0.05, 0) is 18.4 Å². The molecule has 0 aliphatic heterocycles. The van der Waals surface area contributed by atoms with Crippen molar-refractivity contribution in [3.63, 3.8) is 0 Å². The van der Waals surface area contributed by atoms with Gasteiger partial charge in [-0.2, -0.15) is 0 Å². The van der Waals surface area contributed by atoms with E-state index in [1.165, 1.54) is 12.1 Å². The fraction of sp³-hybridized carbons (Fsp3) is 0.462. The van der Waals surface area contributed by atoms with Crippen LogP contribution in [0, 0.1) is 10.1 Å². The lowest BCUT2D eigenvalue weighted by Crippen LogP contribution is -2.10. The van der Waals surface area contributed by atoms with Crippen molar-refractivity contribution in [1.29, 1.82) is 0 Å². The second kappa shape index (κ2) is 5.08. The smallest absolute Gasteiger partial charge is 0.269 e. The van der Waals surface area contributed by atoms with Gasteiger partial charge >= 0.3 is 0 Å². The number of ketones is 1. The summed E-state index contributed by atoms with van der Waals surface area (Å²) in [6, 6.07) is 6.39. The molecule has 0 N–H and O–H groups in total. The highest BCUT2D eigenvalue weighted by molar-refractivity contribution is 5.85. The molecule has 1 aromatic rings. The Morgan fingerprint density at radius 1 is 1.12 bits per heavy atom. The van der Waals surface area contributed by atoms with Crippen LogP contribution < -0.4 is 0 Å². The quantitative estimate of drug-likeness (QED) is 0.447. The van der Waals surface area contributed by atoms with Crippen molar-refractivity contribution in [2.24, 2.45) is 0 Å². The van der Waals surface area contributed by atoms with Gasteiger partial charge in [0.25, 0.3) is 5.69 Å². The van der Waals surface area contributed by atoms with Gasteiger partial charge in [-0.1, -0.05) is 25.0 Å². The molecule has 17 heavy (non-hydrogen) atoms. The predicted molar refractivity (Wildman–Crippen MR) is 63.9 cm³/mol. The van der Waals surface area contributed by atoms with Crippen molar-refractivity contribution in [2.45, 2.75) is 38.0 Å². The lowest BCUT2D eigenvalue weighted by Gasteiger charge is -2.12. The molecule has 1 aliphatic rings. The summed E-state index contributed by atoms with van der Waals surface area (Å²) >= 11 is 0. The number of carbonyl (C=O) groups is 1. The van der Waals surface area contributed by atoms with Crippen LogP contribution in [-0.2, 0) is 4.79 Å².